The molecule has 5 rings (SSSR count). The van der Waals surface area contributed by atoms with Crippen molar-refractivity contribution in [3.8, 4) is 0 Å². The van der Waals surface area contributed by atoms with Crippen LogP contribution in [0.5, 0.6) is 0 Å². The van der Waals surface area contributed by atoms with Gasteiger partial charge in [-0.1, -0.05) is 29.8 Å². The topological polar surface area (TPSA) is 84.5 Å². The van der Waals surface area contributed by atoms with Gasteiger partial charge in [0.15, 0.2) is 0 Å². The quantitative estimate of drug-likeness (QED) is 0.752. The van der Waals surface area contributed by atoms with Crippen molar-refractivity contribution in [1.82, 2.24) is 0 Å². The molecule has 6 nitrogen and oxygen atoms in total. The predicted octanol–water partition coefficient (Wildman–Crippen LogP) is 3.73. The predicted molar refractivity (Wildman–Crippen MR) is 108 cm³/mol. The Hall–Kier alpha value is -2.86. The summed E-state index contributed by atoms with van der Waals surface area (Å²) in [6.45, 7) is 0. The number of rotatable bonds is 4. The van der Waals surface area contributed by atoms with Crippen LogP contribution in [-0.2, 0) is 14.3 Å². The molecular formula is C22H19ClN2O4. The van der Waals surface area contributed by atoms with E-state index in [1.807, 2.05) is 0 Å². The minimum absolute atomic E-state index is 0.00150. The van der Waals surface area contributed by atoms with Gasteiger partial charge in [0.1, 0.15) is 6.10 Å². The summed E-state index contributed by atoms with van der Waals surface area (Å²) < 4.78 is 5.40. The van der Waals surface area contributed by atoms with Crippen LogP contribution in [0.1, 0.15) is 23.2 Å². The first-order valence-corrected chi connectivity index (χ1v) is 10.1. The number of ether oxygens (including phenoxy) is 1. The summed E-state index contributed by atoms with van der Waals surface area (Å²) in [6.07, 6.45) is 1.64. The maximum absolute atomic E-state index is 12.9. The zero-order chi connectivity index (χ0) is 20.1. The van der Waals surface area contributed by atoms with Crippen molar-refractivity contribution in [2.24, 2.45) is 23.7 Å². The van der Waals surface area contributed by atoms with Crippen molar-refractivity contribution in [2.45, 2.75) is 18.9 Å². The normalized spacial score (nSPS) is 28.9. The molecule has 2 saturated carbocycles. The van der Waals surface area contributed by atoms with Crippen LogP contribution in [0, 0.1) is 23.7 Å². The van der Waals surface area contributed by atoms with Crippen LogP contribution < -0.4 is 10.6 Å². The third-order valence-corrected chi connectivity index (χ3v) is 6.63. The Labute approximate surface area is 172 Å². The molecule has 1 heterocycles. The number of nitrogens with one attached hydrogen (secondary N) is 2. The van der Waals surface area contributed by atoms with Gasteiger partial charge in [0, 0.05) is 17.2 Å². The van der Waals surface area contributed by atoms with E-state index in [1.54, 1.807) is 48.5 Å². The number of carbonyl (C=O) groups is 3. The fourth-order valence-corrected chi connectivity index (χ4v) is 5.27. The van der Waals surface area contributed by atoms with E-state index in [0.29, 0.717) is 22.0 Å². The Morgan fingerprint density at radius 1 is 1.03 bits per heavy atom. The summed E-state index contributed by atoms with van der Waals surface area (Å²) in [7, 11) is 0. The van der Waals surface area contributed by atoms with E-state index in [9.17, 15) is 14.4 Å². The fraction of sp³-hybridized carbons (Fsp3) is 0.318. The van der Waals surface area contributed by atoms with Crippen molar-refractivity contribution in [3.63, 3.8) is 0 Å². The highest BCUT2D eigenvalue weighted by atomic mass is 35.5. The van der Waals surface area contributed by atoms with Crippen molar-refractivity contribution >= 4 is 40.8 Å². The molecule has 1 saturated heterocycles. The molecule has 0 unspecified atom stereocenters. The Balaban J connectivity index is 1.30. The van der Waals surface area contributed by atoms with Crippen LogP contribution >= 0.6 is 11.6 Å². The number of esters is 1. The van der Waals surface area contributed by atoms with Gasteiger partial charge in [-0.05, 0) is 49.1 Å². The maximum Gasteiger partial charge on any atom is 0.310 e. The van der Waals surface area contributed by atoms with Gasteiger partial charge in [-0.2, -0.15) is 0 Å². The van der Waals surface area contributed by atoms with Gasteiger partial charge in [-0.25, -0.2) is 0 Å². The number of halogens is 1. The van der Waals surface area contributed by atoms with Gasteiger partial charge >= 0.3 is 5.97 Å². The third-order valence-electron chi connectivity index (χ3n) is 6.30. The summed E-state index contributed by atoms with van der Waals surface area (Å²) >= 11 is 6.09. The number of amides is 2. The number of carbonyl (C=O) groups excluding carboxylic acids is 3. The fourth-order valence-electron chi connectivity index (χ4n) is 5.08. The second-order valence-electron chi connectivity index (χ2n) is 7.93. The van der Waals surface area contributed by atoms with Crippen molar-refractivity contribution in [2.75, 3.05) is 10.6 Å². The maximum atomic E-state index is 12.9. The summed E-state index contributed by atoms with van der Waals surface area (Å²) in [5, 5.41) is 6.10. The van der Waals surface area contributed by atoms with Crippen molar-refractivity contribution in [1.29, 1.82) is 0 Å². The van der Waals surface area contributed by atoms with E-state index < -0.39 is 0 Å². The first-order chi connectivity index (χ1) is 14.0. The molecule has 2 N–H and O–H groups in total. The van der Waals surface area contributed by atoms with Crippen molar-refractivity contribution in [3.05, 3.63) is 59.1 Å². The van der Waals surface area contributed by atoms with Gasteiger partial charge < -0.3 is 15.4 Å². The van der Waals surface area contributed by atoms with Crippen LogP contribution in [-0.4, -0.2) is 23.9 Å². The lowest BCUT2D eigenvalue weighted by Crippen LogP contribution is -2.35. The Morgan fingerprint density at radius 3 is 2.69 bits per heavy atom. The summed E-state index contributed by atoms with van der Waals surface area (Å²) in [5.41, 5.74) is 1.44. The van der Waals surface area contributed by atoms with Crippen LogP contribution in [0.3, 0.4) is 0 Å². The molecule has 148 valence electrons. The highest BCUT2D eigenvalue weighted by Crippen LogP contribution is 2.57. The molecule has 1 aliphatic heterocycles. The van der Waals surface area contributed by atoms with Gasteiger partial charge in [-0.3, -0.25) is 14.4 Å². The van der Waals surface area contributed by atoms with E-state index in [0.717, 1.165) is 12.8 Å². The molecule has 29 heavy (non-hydrogen) atoms. The first-order valence-electron chi connectivity index (χ1n) is 9.68. The number of benzene rings is 2. The molecule has 2 aromatic rings. The van der Waals surface area contributed by atoms with Gasteiger partial charge in [0.2, 0.25) is 5.91 Å². The summed E-state index contributed by atoms with van der Waals surface area (Å²) in [5.74, 6) is -1.06. The molecule has 3 aliphatic rings. The lowest BCUT2D eigenvalue weighted by Gasteiger charge is -2.23. The summed E-state index contributed by atoms with van der Waals surface area (Å²) in [6, 6.07) is 13.7. The standard InChI is InChI=1S/C22H19ClN2O4/c23-15-6-1-2-7-16(15)25-20(26)11-4-3-5-13(8-11)24-21(27)18-12-9-14-17(10-12)29-22(28)19(14)18/h1-8,12,14,17-19H,9-10H2,(H,24,27)(H,25,26)/t12-,14-,17-,18+,19+/m1/s1. The van der Waals surface area contributed by atoms with E-state index in [1.165, 1.54) is 0 Å². The van der Waals surface area contributed by atoms with E-state index in [4.69, 9.17) is 16.3 Å². The molecule has 7 heteroatoms. The average molecular weight is 411 g/mol. The molecule has 2 bridgehead atoms. The van der Waals surface area contributed by atoms with Gasteiger partial charge in [-0.15, -0.1) is 0 Å². The molecule has 0 radical (unpaired) electrons. The Morgan fingerprint density at radius 2 is 1.86 bits per heavy atom. The lowest BCUT2D eigenvalue weighted by atomic mass is 9.79. The van der Waals surface area contributed by atoms with Crippen LogP contribution in [0.15, 0.2) is 48.5 Å². The summed E-state index contributed by atoms with van der Waals surface area (Å²) in [4.78, 5) is 37.6. The van der Waals surface area contributed by atoms with E-state index in [2.05, 4.69) is 10.6 Å². The SMILES string of the molecule is O=C(Nc1ccccc1Cl)c1cccc(NC(=O)[C@H]2[C@@H]3C[C@H]4[C@@H]2C(=O)O[C@@H]4C3)c1. The third kappa shape index (κ3) is 3.08. The van der Waals surface area contributed by atoms with Crippen LogP contribution in [0.4, 0.5) is 11.4 Å². The van der Waals surface area contributed by atoms with Crippen LogP contribution in [0.2, 0.25) is 5.02 Å². The molecule has 2 aliphatic carbocycles. The number of para-hydroxylation sites is 1. The Bertz CT molecular complexity index is 1020. The lowest BCUT2D eigenvalue weighted by molar-refractivity contribution is -0.145. The zero-order valence-corrected chi connectivity index (χ0v) is 16.2. The van der Waals surface area contributed by atoms with E-state index >= 15 is 0 Å². The van der Waals surface area contributed by atoms with Gasteiger partial charge in [0.25, 0.3) is 5.91 Å². The molecule has 3 fully saturated rings. The molecule has 2 aromatic carbocycles. The molecule has 0 aromatic heterocycles. The highest BCUT2D eigenvalue weighted by molar-refractivity contribution is 6.33. The monoisotopic (exact) mass is 410 g/mol. The smallest absolute Gasteiger partial charge is 0.310 e. The minimum atomic E-state index is -0.355. The van der Waals surface area contributed by atoms with E-state index in [-0.39, 0.29) is 47.6 Å². The molecule has 2 amide bonds. The molecule has 5 atom stereocenters. The molecule has 0 spiro atoms. The average Bonchev–Trinajstić information content (AvgIpc) is 3.32. The minimum Gasteiger partial charge on any atom is -0.462 e. The van der Waals surface area contributed by atoms with Gasteiger partial charge in [0.05, 0.1) is 22.5 Å². The highest BCUT2D eigenvalue weighted by Gasteiger charge is 2.63. The Kier molecular flexibility index (Phi) is 4.32. The van der Waals surface area contributed by atoms with Crippen molar-refractivity contribution < 1.29 is 19.1 Å². The number of anilines is 2. The number of hydrogen-bond donors (Lipinski definition) is 2. The number of hydrogen-bond acceptors (Lipinski definition) is 4. The molecular weight excluding hydrogens is 392 g/mol. The number of fused-ring (bicyclic) bond motifs is 1. The zero-order valence-electron chi connectivity index (χ0n) is 15.4. The van der Waals surface area contributed by atoms with Crippen LogP contribution in [0.25, 0.3) is 0 Å². The largest absolute Gasteiger partial charge is 0.462 e. The second-order valence-corrected chi connectivity index (χ2v) is 8.33. The second kappa shape index (κ2) is 6.88. The first kappa shape index (κ1) is 18.2.